The molecule has 11 aromatic rings. The molecule has 0 radical (unpaired) electrons. The molecule has 0 saturated carbocycles. The second-order valence-corrected chi connectivity index (χ2v) is 15.2. The molecule has 0 aliphatic heterocycles. The maximum atomic E-state index is 2.42. The monoisotopic (exact) mass is 718 g/mol. The molecule has 0 unspecified atom stereocenters. The first-order chi connectivity index (χ1) is 27.3. The number of fused-ring (bicyclic) bond motifs is 7. The van der Waals surface area contributed by atoms with Crippen molar-refractivity contribution < 1.29 is 0 Å². The number of anilines is 3. The van der Waals surface area contributed by atoms with E-state index in [0.29, 0.717) is 0 Å². The molecule has 0 amide bonds. The van der Waals surface area contributed by atoms with Crippen molar-refractivity contribution in [3.05, 3.63) is 206 Å². The average molecular weight is 719 g/mol. The van der Waals surface area contributed by atoms with E-state index in [1.54, 1.807) is 0 Å². The highest BCUT2D eigenvalue weighted by molar-refractivity contribution is 7.26. The van der Waals surface area contributed by atoms with Crippen LogP contribution in [-0.4, -0.2) is 4.57 Å². The molecule has 3 heteroatoms. The van der Waals surface area contributed by atoms with Crippen LogP contribution in [0.25, 0.3) is 80.7 Å². The van der Waals surface area contributed by atoms with Crippen molar-refractivity contribution in [2.45, 2.75) is 0 Å². The zero-order chi connectivity index (χ0) is 36.3. The number of para-hydroxylation sites is 1. The van der Waals surface area contributed by atoms with E-state index in [9.17, 15) is 0 Å². The third-order valence-electron chi connectivity index (χ3n) is 11.0. The number of aromatic nitrogens is 1. The van der Waals surface area contributed by atoms with Gasteiger partial charge in [0.1, 0.15) is 0 Å². The molecule has 0 spiro atoms. The fourth-order valence-corrected chi connectivity index (χ4v) is 9.57. The molecule has 11 rings (SSSR count). The standard InChI is InChI=1S/C52H34N2S/c1-3-13-35(14-4-1)36-25-29-41(30-26-36)53(47-22-12-24-50-52(47)44-19-9-10-23-49(44)55-50)42-31-27-37(28-32-42)43-20-11-21-46-51(43)45-33-38-15-7-8-16-39(38)34-48(45)54(46)40-17-5-2-6-18-40/h1-34H. The van der Waals surface area contributed by atoms with Crippen molar-refractivity contribution in [2.24, 2.45) is 0 Å². The summed E-state index contributed by atoms with van der Waals surface area (Å²) in [5.74, 6) is 0. The van der Waals surface area contributed by atoms with Gasteiger partial charge in [0.15, 0.2) is 0 Å². The SMILES string of the molecule is c1ccc(-c2ccc(N(c3ccc(-c4cccc5c4c4cc6ccccc6cc4n5-c4ccccc4)cc3)c3cccc4sc5ccccc5c34)cc2)cc1. The molecule has 0 atom stereocenters. The maximum Gasteiger partial charge on any atom is 0.0554 e. The minimum absolute atomic E-state index is 1.11. The summed E-state index contributed by atoms with van der Waals surface area (Å²) >= 11 is 1.86. The highest BCUT2D eigenvalue weighted by Crippen LogP contribution is 2.46. The number of rotatable bonds is 6. The molecular formula is C52H34N2S. The molecule has 0 aliphatic carbocycles. The Morgan fingerprint density at radius 2 is 0.982 bits per heavy atom. The van der Waals surface area contributed by atoms with E-state index in [0.717, 1.165) is 17.1 Å². The molecule has 0 bridgehead atoms. The lowest BCUT2D eigenvalue weighted by atomic mass is 9.97. The van der Waals surface area contributed by atoms with Crippen LogP contribution < -0.4 is 4.90 Å². The van der Waals surface area contributed by atoms with Gasteiger partial charge in [0, 0.05) is 48.0 Å². The van der Waals surface area contributed by atoms with Crippen LogP contribution in [-0.2, 0) is 0 Å². The normalized spacial score (nSPS) is 11.6. The minimum Gasteiger partial charge on any atom is -0.310 e. The molecule has 55 heavy (non-hydrogen) atoms. The summed E-state index contributed by atoms with van der Waals surface area (Å²) in [7, 11) is 0. The zero-order valence-electron chi connectivity index (χ0n) is 29.9. The molecule has 0 aliphatic rings. The van der Waals surface area contributed by atoms with Gasteiger partial charge in [0.25, 0.3) is 0 Å². The van der Waals surface area contributed by atoms with E-state index >= 15 is 0 Å². The van der Waals surface area contributed by atoms with Crippen LogP contribution in [0, 0.1) is 0 Å². The van der Waals surface area contributed by atoms with Crippen LogP contribution in [0.3, 0.4) is 0 Å². The third kappa shape index (κ3) is 5.24. The second-order valence-electron chi connectivity index (χ2n) is 14.1. The van der Waals surface area contributed by atoms with E-state index in [4.69, 9.17) is 0 Å². The highest BCUT2D eigenvalue weighted by Gasteiger charge is 2.20. The van der Waals surface area contributed by atoms with E-state index < -0.39 is 0 Å². The lowest BCUT2D eigenvalue weighted by Crippen LogP contribution is -2.10. The summed E-state index contributed by atoms with van der Waals surface area (Å²) in [6, 6.07) is 75.1. The molecule has 0 saturated heterocycles. The van der Waals surface area contributed by atoms with Gasteiger partial charge in [0.2, 0.25) is 0 Å². The first-order valence-electron chi connectivity index (χ1n) is 18.8. The van der Waals surface area contributed by atoms with Crippen molar-refractivity contribution in [3.8, 4) is 27.9 Å². The van der Waals surface area contributed by atoms with Gasteiger partial charge < -0.3 is 9.47 Å². The Bertz CT molecular complexity index is 3180. The summed E-state index contributed by atoms with van der Waals surface area (Å²) in [5.41, 5.74) is 11.8. The quantitative estimate of drug-likeness (QED) is 0.166. The van der Waals surface area contributed by atoms with Gasteiger partial charge in [-0.25, -0.2) is 0 Å². The Balaban J connectivity index is 1.10. The van der Waals surface area contributed by atoms with Crippen LogP contribution in [0.5, 0.6) is 0 Å². The largest absolute Gasteiger partial charge is 0.310 e. The first kappa shape index (κ1) is 31.6. The Morgan fingerprint density at radius 3 is 1.75 bits per heavy atom. The Labute approximate surface area is 323 Å². The topological polar surface area (TPSA) is 8.17 Å². The lowest BCUT2D eigenvalue weighted by molar-refractivity contribution is 1.18. The van der Waals surface area contributed by atoms with Crippen LogP contribution in [0.15, 0.2) is 206 Å². The number of thiophene rings is 1. The van der Waals surface area contributed by atoms with Crippen molar-refractivity contribution in [3.63, 3.8) is 0 Å². The Morgan fingerprint density at radius 1 is 0.382 bits per heavy atom. The van der Waals surface area contributed by atoms with E-state index in [1.165, 1.54) is 80.7 Å². The number of benzene rings is 9. The summed E-state index contributed by atoms with van der Waals surface area (Å²) in [6.45, 7) is 0. The summed E-state index contributed by atoms with van der Waals surface area (Å²) < 4.78 is 5.01. The lowest BCUT2D eigenvalue weighted by Gasteiger charge is -2.27. The van der Waals surface area contributed by atoms with Crippen molar-refractivity contribution >= 4 is 81.1 Å². The highest BCUT2D eigenvalue weighted by atomic mass is 32.1. The molecular weight excluding hydrogens is 685 g/mol. The molecule has 0 fully saturated rings. The average Bonchev–Trinajstić information content (AvgIpc) is 3.80. The molecule has 2 aromatic heterocycles. The van der Waals surface area contributed by atoms with Gasteiger partial charge in [-0.1, -0.05) is 133 Å². The summed E-state index contributed by atoms with van der Waals surface area (Å²) in [4.78, 5) is 2.42. The van der Waals surface area contributed by atoms with Crippen molar-refractivity contribution in [1.82, 2.24) is 4.57 Å². The Kier molecular flexibility index (Phi) is 7.39. The number of hydrogen-bond acceptors (Lipinski definition) is 2. The van der Waals surface area contributed by atoms with E-state index in [2.05, 4.69) is 216 Å². The molecule has 2 nitrogen and oxygen atoms in total. The van der Waals surface area contributed by atoms with Gasteiger partial charge >= 0.3 is 0 Å². The molecule has 9 aromatic carbocycles. The van der Waals surface area contributed by atoms with Gasteiger partial charge in [-0.05, 0) is 106 Å². The smallest absolute Gasteiger partial charge is 0.0554 e. The van der Waals surface area contributed by atoms with Gasteiger partial charge in [-0.3, -0.25) is 0 Å². The number of nitrogens with zero attached hydrogens (tertiary/aromatic N) is 2. The number of hydrogen-bond donors (Lipinski definition) is 0. The minimum atomic E-state index is 1.11. The van der Waals surface area contributed by atoms with Crippen LogP contribution in [0.2, 0.25) is 0 Å². The van der Waals surface area contributed by atoms with Gasteiger partial charge in [0.05, 0.1) is 16.7 Å². The first-order valence-corrected chi connectivity index (χ1v) is 19.6. The van der Waals surface area contributed by atoms with Crippen molar-refractivity contribution in [2.75, 3.05) is 4.90 Å². The van der Waals surface area contributed by atoms with Crippen LogP contribution in [0.4, 0.5) is 17.1 Å². The van der Waals surface area contributed by atoms with Crippen LogP contribution >= 0.6 is 11.3 Å². The zero-order valence-corrected chi connectivity index (χ0v) is 30.7. The van der Waals surface area contributed by atoms with Crippen molar-refractivity contribution in [1.29, 1.82) is 0 Å². The predicted octanol–water partition coefficient (Wildman–Crippen LogP) is 15.1. The second kappa shape index (κ2) is 12.9. The van der Waals surface area contributed by atoms with Gasteiger partial charge in [-0.2, -0.15) is 0 Å². The fourth-order valence-electron chi connectivity index (χ4n) is 8.44. The van der Waals surface area contributed by atoms with E-state index in [-0.39, 0.29) is 0 Å². The summed E-state index contributed by atoms with van der Waals surface area (Å²) in [5, 5.41) is 7.58. The Hall–Kier alpha value is -6.94. The maximum absolute atomic E-state index is 2.42. The molecule has 0 N–H and O–H groups in total. The summed E-state index contributed by atoms with van der Waals surface area (Å²) in [6.07, 6.45) is 0. The predicted molar refractivity (Wildman–Crippen MR) is 237 cm³/mol. The van der Waals surface area contributed by atoms with Gasteiger partial charge in [-0.15, -0.1) is 11.3 Å². The van der Waals surface area contributed by atoms with Crippen LogP contribution in [0.1, 0.15) is 0 Å². The van der Waals surface area contributed by atoms with E-state index in [1.807, 2.05) is 11.3 Å². The molecule has 2 heterocycles. The third-order valence-corrected chi connectivity index (χ3v) is 12.1. The molecule has 258 valence electrons. The fraction of sp³-hybridized carbons (Fsp3) is 0.